The first-order chi connectivity index (χ1) is 8.15. The highest BCUT2D eigenvalue weighted by Crippen LogP contribution is 2.43. The Kier molecular flexibility index (Phi) is 3.79. The Morgan fingerprint density at radius 2 is 2.00 bits per heavy atom. The van der Waals surface area contributed by atoms with Crippen LogP contribution in [0.1, 0.15) is 30.4 Å². The summed E-state index contributed by atoms with van der Waals surface area (Å²) in [5, 5.41) is 9.81. The molecule has 1 unspecified atom stereocenters. The lowest BCUT2D eigenvalue weighted by Gasteiger charge is -2.18. The van der Waals surface area contributed by atoms with Crippen LogP contribution in [-0.2, 0) is 0 Å². The monoisotopic (exact) mass is 256 g/mol. The molecule has 0 aliphatic carbocycles. The average Bonchev–Trinajstić information content (AvgIpc) is 2.58. The van der Waals surface area contributed by atoms with Gasteiger partial charge in [-0.25, -0.2) is 0 Å². The van der Waals surface area contributed by atoms with Crippen molar-refractivity contribution in [1.82, 2.24) is 0 Å². The fourth-order valence-electron chi connectivity index (χ4n) is 2.05. The zero-order chi connectivity index (χ0) is 12.4. The predicted octanol–water partition coefficient (Wildman–Crippen LogP) is 2.91. The second-order valence-corrected chi connectivity index (χ2v) is 4.77. The fraction of sp³-hybridized carbons (Fsp3) is 0.538. The predicted molar refractivity (Wildman–Crippen MR) is 67.3 cm³/mol. The van der Waals surface area contributed by atoms with E-state index in [1.54, 1.807) is 0 Å². The average molecular weight is 257 g/mol. The van der Waals surface area contributed by atoms with Crippen LogP contribution in [0.3, 0.4) is 0 Å². The third-order valence-electron chi connectivity index (χ3n) is 3.07. The lowest BCUT2D eigenvalue weighted by atomic mass is 9.96. The van der Waals surface area contributed by atoms with Gasteiger partial charge in [0.05, 0.1) is 18.2 Å². The third-order valence-corrected chi connectivity index (χ3v) is 3.35. The van der Waals surface area contributed by atoms with E-state index in [0.717, 1.165) is 23.3 Å². The van der Waals surface area contributed by atoms with E-state index in [2.05, 4.69) is 0 Å². The largest absolute Gasteiger partial charge is 0.489 e. The molecule has 0 fully saturated rings. The van der Waals surface area contributed by atoms with Gasteiger partial charge in [0.1, 0.15) is 0 Å². The Labute approximate surface area is 106 Å². The van der Waals surface area contributed by atoms with Gasteiger partial charge in [-0.2, -0.15) is 0 Å². The van der Waals surface area contributed by atoms with E-state index in [9.17, 15) is 5.11 Å². The normalized spacial score (nSPS) is 16.5. The molecule has 4 heteroatoms. The lowest BCUT2D eigenvalue weighted by molar-refractivity contribution is 0.272. The van der Waals surface area contributed by atoms with E-state index in [0.29, 0.717) is 24.0 Å². The molecule has 1 aromatic carbocycles. The molecule has 17 heavy (non-hydrogen) atoms. The van der Waals surface area contributed by atoms with Crippen molar-refractivity contribution in [1.29, 1.82) is 0 Å². The molecule has 1 aromatic rings. The quantitative estimate of drug-likeness (QED) is 0.884. The fourth-order valence-corrected chi connectivity index (χ4v) is 2.30. The molecule has 3 nitrogen and oxygen atoms in total. The summed E-state index contributed by atoms with van der Waals surface area (Å²) < 4.78 is 11.3. The van der Waals surface area contributed by atoms with E-state index >= 15 is 0 Å². The topological polar surface area (TPSA) is 38.7 Å². The van der Waals surface area contributed by atoms with Crippen molar-refractivity contribution in [2.24, 2.45) is 0 Å². The maximum Gasteiger partial charge on any atom is 0.180 e. The van der Waals surface area contributed by atoms with Crippen molar-refractivity contribution in [3.05, 3.63) is 22.2 Å². The molecule has 1 N–H and O–H groups in total. The summed E-state index contributed by atoms with van der Waals surface area (Å²) in [6.45, 7) is 5.30. The molecule has 1 heterocycles. The number of hydrogen-bond acceptors (Lipinski definition) is 3. The van der Waals surface area contributed by atoms with Gasteiger partial charge in [0.25, 0.3) is 0 Å². The maximum absolute atomic E-state index is 9.25. The highest BCUT2D eigenvalue weighted by atomic mass is 35.5. The minimum atomic E-state index is 0.0460. The number of aliphatic hydroxyl groups excluding tert-OH is 1. The molecule has 0 spiro atoms. The number of halogens is 1. The SMILES string of the molecule is Cc1c(C(C)CO)cc(Cl)c2c1OCCCO2. The van der Waals surface area contributed by atoms with Crippen molar-refractivity contribution < 1.29 is 14.6 Å². The summed E-state index contributed by atoms with van der Waals surface area (Å²) in [6, 6.07) is 1.87. The Morgan fingerprint density at radius 1 is 1.35 bits per heavy atom. The number of fused-ring (bicyclic) bond motifs is 1. The van der Waals surface area contributed by atoms with Crippen molar-refractivity contribution in [2.75, 3.05) is 19.8 Å². The summed E-state index contributed by atoms with van der Waals surface area (Å²) in [7, 11) is 0. The molecule has 0 saturated heterocycles. The van der Waals surface area contributed by atoms with E-state index in [1.165, 1.54) is 0 Å². The van der Waals surface area contributed by atoms with Gasteiger partial charge in [-0.05, 0) is 24.1 Å². The molecule has 0 bridgehead atoms. The van der Waals surface area contributed by atoms with Gasteiger partial charge in [0.2, 0.25) is 0 Å². The zero-order valence-electron chi connectivity index (χ0n) is 10.1. The molecule has 1 atom stereocenters. The van der Waals surface area contributed by atoms with Crippen molar-refractivity contribution in [3.63, 3.8) is 0 Å². The Balaban J connectivity index is 2.52. The molecule has 1 aliphatic heterocycles. The van der Waals surface area contributed by atoms with E-state index < -0.39 is 0 Å². The number of aliphatic hydroxyl groups is 1. The van der Waals surface area contributed by atoms with Crippen LogP contribution in [0.5, 0.6) is 11.5 Å². The van der Waals surface area contributed by atoms with Gasteiger partial charge in [0, 0.05) is 18.9 Å². The maximum atomic E-state index is 9.25. The first-order valence-corrected chi connectivity index (χ1v) is 6.22. The van der Waals surface area contributed by atoms with Crippen molar-refractivity contribution >= 4 is 11.6 Å². The van der Waals surface area contributed by atoms with Gasteiger partial charge in [-0.15, -0.1) is 0 Å². The second-order valence-electron chi connectivity index (χ2n) is 4.36. The third kappa shape index (κ3) is 2.35. The molecule has 94 valence electrons. The molecule has 0 aromatic heterocycles. The Bertz CT molecular complexity index is 418. The molecular weight excluding hydrogens is 240 g/mol. The molecule has 0 radical (unpaired) electrons. The summed E-state index contributed by atoms with van der Waals surface area (Å²) >= 11 is 6.21. The first-order valence-electron chi connectivity index (χ1n) is 5.84. The summed E-state index contributed by atoms with van der Waals surface area (Å²) in [4.78, 5) is 0. The van der Waals surface area contributed by atoms with Crippen molar-refractivity contribution in [2.45, 2.75) is 26.2 Å². The number of hydrogen-bond donors (Lipinski definition) is 1. The number of benzene rings is 1. The minimum Gasteiger partial charge on any atom is -0.489 e. The number of rotatable bonds is 2. The van der Waals surface area contributed by atoms with Crippen LogP contribution in [-0.4, -0.2) is 24.9 Å². The van der Waals surface area contributed by atoms with E-state index in [4.69, 9.17) is 21.1 Å². The van der Waals surface area contributed by atoms with Gasteiger partial charge < -0.3 is 14.6 Å². The van der Waals surface area contributed by atoms with Crippen LogP contribution in [0.2, 0.25) is 5.02 Å². The number of ether oxygens (including phenoxy) is 2. The summed E-state index contributed by atoms with van der Waals surface area (Å²) in [5.74, 6) is 1.41. The molecule has 2 rings (SSSR count). The van der Waals surface area contributed by atoms with Gasteiger partial charge in [-0.1, -0.05) is 18.5 Å². The van der Waals surface area contributed by atoms with Gasteiger partial charge in [-0.3, -0.25) is 0 Å². The Morgan fingerprint density at radius 3 is 2.65 bits per heavy atom. The molecule has 0 saturated carbocycles. The first kappa shape index (κ1) is 12.5. The highest BCUT2D eigenvalue weighted by molar-refractivity contribution is 6.32. The van der Waals surface area contributed by atoms with Crippen LogP contribution >= 0.6 is 11.6 Å². The smallest absolute Gasteiger partial charge is 0.180 e. The molecular formula is C13H17ClO3. The van der Waals surface area contributed by atoms with Crippen LogP contribution in [0.15, 0.2) is 6.07 Å². The summed E-state index contributed by atoms with van der Waals surface area (Å²) in [6.07, 6.45) is 0.856. The van der Waals surface area contributed by atoms with Crippen LogP contribution in [0.4, 0.5) is 0 Å². The van der Waals surface area contributed by atoms with Gasteiger partial charge >= 0.3 is 0 Å². The minimum absolute atomic E-state index is 0.0460. The standard InChI is InChI=1S/C13H17ClO3/c1-8(7-15)10-6-11(14)13-12(9(10)2)16-4-3-5-17-13/h6,8,15H,3-5,7H2,1-2H3. The summed E-state index contributed by atoms with van der Waals surface area (Å²) in [5.41, 5.74) is 2.02. The van der Waals surface area contributed by atoms with Crippen LogP contribution < -0.4 is 9.47 Å². The van der Waals surface area contributed by atoms with Gasteiger partial charge in [0.15, 0.2) is 11.5 Å². The molecule has 0 amide bonds. The van der Waals surface area contributed by atoms with Crippen LogP contribution in [0.25, 0.3) is 0 Å². The molecule has 1 aliphatic rings. The van der Waals surface area contributed by atoms with E-state index in [1.807, 2.05) is 19.9 Å². The lowest BCUT2D eigenvalue weighted by Crippen LogP contribution is -2.04. The zero-order valence-corrected chi connectivity index (χ0v) is 10.9. The van der Waals surface area contributed by atoms with Crippen molar-refractivity contribution in [3.8, 4) is 11.5 Å². The Hall–Kier alpha value is -0.930. The second kappa shape index (κ2) is 5.15. The highest BCUT2D eigenvalue weighted by Gasteiger charge is 2.21. The van der Waals surface area contributed by atoms with Crippen LogP contribution in [0, 0.1) is 6.92 Å². The van der Waals surface area contributed by atoms with E-state index in [-0.39, 0.29) is 12.5 Å².